The number of nitrogens with zero attached hydrogens (tertiary/aromatic N) is 1. The van der Waals surface area contributed by atoms with Crippen molar-refractivity contribution < 1.29 is 19.4 Å². The quantitative estimate of drug-likeness (QED) is 0.723. The first-order valence-electron chi connectivity index (χ1n) is 7.93. The first-order chi connectivity index (χ1) is 10.2. The van der Waals surface area contributed by atoms with Gasteiger partial charge in [0, 0.05) is 20.2 Å². The second-order valence-electron chi connectivity index (χ2n) is 6.05. The maximum Gasteiger partial charge on any atom is 0.231 e. The van der Waals surface area contributed by atoms with Crippen LogP contribution in [0.25, 0.3) is 0 Å². The molecule has 2 saturated heterocycles. The van der Waals surface area contributed by atoms with E-state index in [1.807, 2.05) is 4.90 Å². The first-order valence-corrected chi connectivity index (χ1v) is 7.93. The molecule has 0 spiro atoms. The second kappa shape index (κ2) is 8.08. The number of aliphatic hydroxyl groups excluding tert-OH is 1. The Bertz CT molecular complexity index is 318. The van der Waals surface area contributed by atoms with Crippen LogP contribution in [0.5, 0.6) is 0 Å². The molecule has 0 atom stereocenters. The number of aliphatic hydroxyl groups is 1. The van der Waals surface area contributed by atoms with Crippen LogP contribution in [0.2, 0.25) is 0 Å². The molecule has 0 saturated carbocycles. The summed E-state index contributed by atoms with van der Waals surface area (Å²) in [6.45, 7) is 4.20. The van der Waals surface area contributed by atoms with Gasteiger partial charge < -0.3 is 24.8 Å². The highest BCUT2D eigenvalue weighted by molar-refractivity contribution is 5.83. The van der Waals surface area contributed by atoms with Crippen LogP contribution in [0.3, 0.4) is 0 Å². The third kappa shape index (κ3) is 4.16. The molecule has 2 fully saturated rings. The third-order valence-corrected chi connectivity index (χ3v) is 4.61. The standard InChI is InChI=1S/C15H28N2O4/c1-20-12-15(4-6-16-7-5-15)14(19)17-8-2-13(3-9-17)21-11-10-18/h13,16,18H,2-12H2,1H3. The number of piperidine rings is 2. The molecule has 122 valence electrons. The number of hydrogen-bond donors (Lipinski definition) is 2. The van der Waals surface area contributed by atoms with E-state index < -0.39 is 0 Å². The summed E-state index contributed by atoms with van der Waals surface area (Å²) in [6.07, 6.45) is 3.58. The van der Waals surface area contributed by atoms with Crippen LogP contribution in [-0.4, -0.2) is 75.1 Å². The van der Waals surface area contributed by atoms with Crippen molar-refractivity contribution in [2.75, 3.05) is 53.1 Å². The van der Waals surface area contributed by atoms with Crippen LogP contribution in [0, 0.1) is 5.41 Å². The summed E-state index contributed by atoms with van der Waals surface area (Å²) >= 11 is 0. The van der Waals surface area contributed by atoms with E-state index in [-0.39, 0.29) is 24.0 Å². The van der Waals surface area contributed by atoms with Gasteiger partial charge in [-0.25, -0.2) is 0 Å². The second-order valence-corrected chi connectivity index (χ2v) is 6.05. The van der Waals surface area contributed by atoms with Gasteiger partial charge in [0.15, 0.2) is 0 Å². The lowest BCUT2D eigenvalue weighted by Gasteiger charge is -2.41. The van der Waals surface area contributed by atoms with Gasteiger partial charge in [-0.15, -0.1) is 0 Å². The van der Waals surface area contributed by atoms with Gasteiger partial charge in [0.2, 0.25) is 5.91 Å². The van der Waals surface area contributed by atoms with Crippen molar-refractivity contribution in [2.24, 2.45) is 5.41 Å². The van der Waals surface area contributed by atoms with Crippen LogP contribution < -0.4 is 5.32 Å². The molecule has 0 radical (unpaired) electrons. The fourth-order valence-electron chi connectivity index (χ4n) is 3.38. The molecule has 2 N–H and O–H groups in total. The molecular weight excluding hydrogens is 272 g/mol. The molecule has 0 bridgehead atoms. The van der Waals surface area contributed by atoms with Crippen molar-refractivity contribution in [1.29, 1.82) is 0 Å². The summed E-state index contributed by atoms with van der Waals surface area (Å²) in [7, 11) is 1.67. The average Bonchev–Trinajstić information content (AvgIpc) is 2.54. The zero-order valence-electron chi connectivity index (χ0n) is 13.0. The number of likely N-dealkylation sites (tertiary alicyclic amines) is 1. The topological polar surface area (TPSA) is 71.0 Å². The minimum absolute atomic E-state index is 0.0586. The highest BCUT2D eigenvalue weighted by atomic mass is 16.5. The highest BCUT2D eigenvalue weighted by Gasteiger charge is 2.42. The smallest absolute Gasteiger partial charge is 0.231 e. The first kappa shape index (κ1) is 16.7. The zero-order chi connectivity index (χ0) is 15.1. The van der Waals surface area contributed by atoms with Gasteiger partial charge in [0.25, 0.3) is 0 Å². The lowest BCUT2D eigenvalue weighted by molar-refractivity contribution is -0.150. The Hall–Kier alpha value is -0.690. The molecule has 6 heteroatoms. The Morgan fingerprint density at radius 3 is 2.57 bits per heavy atom. The van der Waals surface area contributed by atoms with Gasteiger partial charge in [0.1, 0.15) is 0 Å². The molecular formula is C15H28N2O4. The van der Waals surface area contributed by atoms with Crippen LogP contribution in [-0.2, 0) is 14.3 Å². The number of rotatable bonds is 6. The van der Waals surface area contributed by atoms with Gasteiger partial charge in [-0.2, -0.15) is 0 Å². The Morgan fingerprint density at radius 2 is 2.00 bits per heavy atom. The molecule has 2 heterocycles. The molecule has 6 nitrogen and oxygen atoms in total. The fraction of sp³-hybridized carbons (Fsp3) is 0.933. The van der Waals surface area contributed by atoms with E-state index in [1.54, 1.807) is 7.11 Å². The lowest BCUT2D eigenvalue weighted by atomic mass is 9.78. The highest BCUT2D eigenvalue weighted by Crippen LogP contribution is 2.32. The van der Waals surface area contributed by atoms with E-state index in [9.17, 15) is 4.79 Å². The summed E-state index contributed by atoms with van der Waals surface area (Å²) in [5, 5.41) is 12.1. The van der Waals surface area contributed by atoms with E-state index in [0.29, 0.717) is 13.2 Å². The monoisotopic (exact) mass is 300 g/mol. The Morgan fingerprint density at radius 1 is 1.33 bits per heavy atom. The Labute approximate surface area is 126 Å². The number of methoxy groups -OCH3 is 1. The third-order valence-electron chi connectivity index (χ3n) is 4.61. The molecule has 0 unspecified atom stereocenters. The average molecular weight is 300 g/mol. The number of nitrogens with one attached hydrogen (secondary N) is 1. The minimum Gasteiger partial charge on any atom is -0.394 e. The normalized spacial score (nSPS) is 23.2. The predicted octanol–water partition coefficient (Wildman–Crippen LogP) is 0.00250. The van der Waals surface area contributed by atoms with Crippen molar-refractivity contribution in [3.8, 4) is 0 Å². The molecule has 1 amide bonds. The predicted molar refractivity (Wildman–Crippen MR) is 79.1 cm³/mol. The molecule has 0 aliphatic carbocycles. The van der Waals surface area contributed by atoms with Crippen LogP contribution in [0.4, 0.5) is 0 Å². The summed E-state index contributed by atoms with van der Waals surface area (Å²) in [5.41, 5.74) is -0.348. The largest absolute Gasteiger partial charge is 0.394 e. The van der Waals surface area contributed by atoms with Crippen molar-refractivity contribution in [3.05, 3.63) is 0 Å². The van der Waals surface area contributed by atoms with Crippen LogP contribution in [0.15, 0.2) is 0 Å². The molecule has 2 aliphatic rings. The Balaban J connectivity index is 1.90. The van der Waals surface area contributed by atoms with Crippen molar-refractivity contribution in [1.82, 2.24) is 10.2 Å². The summed E-state index contributed by atoms with van der Waals surface area (Å²) < 4.78 is 10.9. The molecule has 0 aromatic heterocycles. The zero-order valence-corrected chi connectivity index (χ0v) is 13.0. The number of carbonyl (C=O) groups excluding carboxylic acids is 1. The summed E-state index contributed by atoms with van der Waals surface area (Å²) in [6, 6.07) is 0. The number of ether oxygens (including phenoxy) is 2. The molecule has 0 aromatic rings. The van der Waals surface area contributed by atoms with Crippen molar-refractivity contribution in [2.45, 2.75) is 31.8 Å². The van der Waals surface area contributed by atoms with E-state index >= 15 is 0 Å². The number of hydrogen-bond acceptors (Lipinski definition) is 5. The lowest BCUT2D eigenvalue weighted by Crippen LogP contribution is -2.53. The van der Waals surface area contributed by atoms with Crippen LogP contribution >= 0.6 is 0 Å². The molecule has 0 aromatic carbocycles. The molecule has 21 heavy (non-hydrogen) atoms. The van der Waals surface area contributed by atoms with Gasteiger partial charge in [-0.3, -0.25) is 4.79 Å². The SMILES string of the molecule is COCC1(C(=O)N2CCC(OCCO)CC2)CCNCC1. The van der Waals surface area contributed by atoms with Gasteiger partial charge >= 0.3 is 0 Å². The molecule has 2 rings (SSSR count). The van der Waals surface area contributed by atoms with E-state index in [2.05, 4.69) is 5.32 Å². The minimum atomic E-state index is -0.348. The van der Waals surface area contributed by atoms with Crippen molar-refractivity contribution in [3.63, 3.8) is 0 Å². The van der Waals surface area contributed by atoms with Crippen LogP contribution in [0.1, 0.15) is 25.7 Å². The Kier molecular flexibility index (Phi) is 6.41. The number of carbonyl (C=O) groups is 1. The molecule has 2 aliphatic heterocycles. The van der Waals surface area contributed by atoms with Gasteiger partial charge in [0.05, 0.1) is 31.3 Å². The summed E-state index contributed by atoms with van der Waals surface area (Å²) in [5.74, 6) is 0.242. The van der Waals surface area contributed by atoms with Gasteiger partial charge in [-0.05, 0) is 38.8 Å². The van der Waals surface area contributed by atoms with E-state index in [4.69, 9.17) is 14.6 Å². The fourth-order valence-corrected chi connectivity index (χ4v) is 3.38. The van der Waals surface area contributed by atoms with Gasteiger partial charge in [-0.1, -0.05) is 0 Å². The maximum atomic E-state index is 12.9. The van der Waals surface area contributed by atoms with E-state index in [1.165, 1.54) is 0 Å². The van der Waals surface area contributed by atoms with E-state index in [0.717, 1.165) is 51.9 Å². The van der Waals surface area contributed by atoms with Crippen molar-refractivity contribution >= 4 is 5.91 Å². The maximum absolute atomic E-state index is 12.9. The number of amides is 1. The summed E-state index contributed by atoms with van der Waals surface area (Å²) in [4.78, 5) is 14.9.